The number of ether oxygens (including phenoxy) is 1. The van der Waals surface area contributed by atoms with Gasteiger partial charge in [-0.3, -0.25) is 0 Å². The Morgan fingerprint density at radius 1 is 1.55 bits per heavy atom. The van der Waals surface area contributed by atoms with E-state index in [1.54, 1.807) is 18.1 Å². The Morgan fingerprint density at radius 2 is 2.30 bits per heavy atom. The lowest BCUT2D eigenvalue weighted by Gasteiger charge is -2.32. The summed E-state index contributed by atoms with van der Waals surface area (Å²) in [6, 6.07) is 7.04. The first-order valence-corrected chi connectivity index (χ1v) is 6.61. The minimum Gasteiger partial charge on any atom is -0.467 e. The number of alkyl halides is 1. The summed E-state index contributed by atoms with van der Waals surface area (Å²) in [7, 11) is 3.11. The monoisotopic (exact) mass is 293 g/mol. The Hall–Kier alpha value is -2.01. The molecule has 106 valence electrons. The van der Waals surface area contributed by atoms with E-state index in [1.807, 2.05) is 24.3 Å². The van der Waals surface area contributed by atoms with Gasteiger partial charge in [-0.2, -0.15) is 0 Å². The van der Waals surface area contributed by atoms with Crippen molar-refractivity contribution in [2.75, 3.05) is 14.2 Å². The number of hydrogen-bond donors (Lipinski definition) is 1. The molecule has 0 bridgehead atoms. The summed E-state index contributed by atoms with van der Waals surface area (Å²) in [5, 5.41) is 0. The van der Waals surface area contributed by atoms with Crippen LogP contribution in [0.2, 0.25) is 0 Å². The van der Waals surface area contributed by atoms with Crippen LogP contribution in [0.5, 0.6) is 0 Å². The van der Waals surface area contributed by atoms with E-state index in [4.69, 9.17) is 22.1 Å². The molecule has 20 heavy (non-hydrogen) atoms. The third-order valence-corrected chi connectivity index (χ3v) is 3.49. The van der Waals surface area contributed by atoms with E-state index in [2.05, 4.69) is 4.99 Å². The van der Waals surface area contributed by atoms with E-state index in [-0.39, 0.29) is 5.84 Å². The first-order chi connectivity index (χ1) is 9.58. The van der Waals surface area contributed by atoms with Gasteiger partial charge in [0.15, 0.2) is 6.04 Å². The van der Waals surface area contributed by atoms with Gasteiger partial charge >= 0.3 is 5.97 Å². The van der Waals surface area contributed by atoms with E-state index >= 15 is 0 Å². The number of rotatable bonds is 3. The summed E-state index contributed by atoms with van der Waals surface area (Å²) in [6.45, 7) is 0. The minimum atomic E-state index is -0.709. The van der Waals surface area contributed by atoms with Crippen molar-refractivity contribution in [3.8, 4) is 0 Å². The molecule has 1 unspecified atom stereocenters. The van der Waals surface area contributed by atoms with Gasteiger partial charge in [0.25, 0.3) is 0 Å². The summed E-state index contributed by atoms with van der Waals surface area (Å²) >= 11 is 5.84. The van der Waals surface area contributed by atoms with Gasteiger partial charge in [0.2, 0.25) is 0 Å². The Labute approximate surface area is 122 Å². The predicted octanol–water partition coefficient (Wildman–Crippen LogP) is 1.57. The van der Waals surface area contributed by atoms with Crippen LogP contribution in [0.15, 0.2) is 35.5 Å². The number of likely N-dealkylation sites (N-methyl/N-ethyl adjacent to an activating group) is 1. The van der Waals surface area contributed by atoms with Gasteiger partial charge in [0.1, 0.15) is 5.84 Å². The average molecular weight is 294 g/mol. The van der Waals surface area contributed by atoms with Crippen molar-refractivity contribution in [2.24, 2.45) is 10.7 Å². The fraction of sp³-hybridized carbons (Fsp3) is 0.286. The van der Waals surface area contributed by atoms with E-state index in [9.17, 15) is 4.79 Å². The fourth-order valence-corrected chi connectivity index (χ4v) is 2.28. The van der Waals surface area contributed by atoms with Crippen LogP contribution in [0.25, 0.3) is 5.70 Å². The molecule has 0 aromatic heterocycles. The van der Waals surface area contributed by atoms with Gasteiger partial charge in [0, 0.05) is 12.9 Å². The van der Waals surface area contributed by atoms with E-state index < -0.39 is 12.0 Å². The lowest BCUT2D eigenvalue weighted by Crippen LogP contribution is -2.49. The Bertz CT molecular complexity index is 584. The summed E-state index contributed by atoms with van der Waals surface area (Å²) in [6.07, 6.45) is 1.64. The van der Waals surface area contributed by atoms with Crippen molar-refractivity contribution in [3.63, 3.8) is 0 Å². The normalized spacial score (nSPS) is 18.4. The summed E-state index contributed by atoms with van der Waals surface area (Å²) in [5.74, 6) is 0.209. The number of benzene rings is 1. The van der Waals surface area contributed by atoms with Crippen LogP contribution >= 0.6 is 11.6 Å². The van der Waals surface area contributed by atoms with Gasteiger partial charge < -0.3 is 15.4 Å². The number of amidine groups is 1. The number of carbonyl (C=O) groups excluding carboxylic acids is 1. The average Bonchev–Trinajstić information content (AvgIpc) is 2.47. The molecule has 0 fully saturated rings. The minimum absolute atomic E-state index is 0.219. The number of aliphatic imine (C=N–C) groups is 1. The zero-order chi connectivity index (χ0) is 14.7. The highest BCUT2D eigenvalue weighted by Gasteiger charge is 2.32. The molecule has 1 atom stereocenters. The Morgan fingerprint density at radius 3 is 2.95 bits per heavy atom. The molecule has 1 aromatic rings. The van der Waals surface area contributed by atoms with Crippen LogP contribution < -0.4 is 5.73 Å². The molecule has 1 aliphatic heterocycles. The van der Waals surface area contributed by atoms with Crippen LogP contribution in [0.1, 0.15) is 11.1 Å². The fourth-order valence-electron chi connectivity index (χ4n) is 2.12. The van der Waals surface area contributed by atoms with Crippen LogP contribution in [-0.2, 0) is 15.4 Å². The number of nitrogens with zero attached hydrogens (tertiary/aromatic N) is 2. The molecule has 2 N–H and O–H groups in total. The molecule has 1 aliphatic rings. The van der Waals surface area contributed by atoms with Crippen LogP contribution in [0.3, 0.4) is 0 Å². The molecule has 0 saturated heterocycles. The van der Waals surface area contributed by atoms with E-state index in [0.717, 1.165) is 16.8 Å². The highest BCUT2D eigenvalue weighted by atomic mass is 35.5. The van der Waals surface area contributed by atoms with Crippen molar-refractivity contribution >= 4 is 29.1 Å². The Balaban J connectivity index is 2.39. The first-order valence-electron chi connectivity index (χ1n) is 6.07. The van der Waals surface area contributed by atoms with Crippen molar-refractivity contribution in [3.05, 3.63) is 41.6 Å². The molecular formula is C14H16ClN3O2. The van der Waals surface area contributed by atoms with Crippen molar-refractivity contribution in [1.82, 2.24) is 4.90 Å². The quantitative estimate of drug-likeness (QED) is 0.678. The molecule has 2 rings (SSSR count). The maximum absolute atomic E-state index is 11.8. The molecule has 1 aromatic carbocycles. The lowest BCUT2D eigenvalue weighted by molar-refractivity contribution is -0.143. The third kappa shape index (κ3) is 2.63. The summed E-state index contributed by atoms with van der Waals surface area (Å²) < 4.78 is 4.77. The van der Waals surface area contributed by atoms with Crippen molar-refractivity contribution < 1.29 is 9.53 Å². The van der Waals surface area contributed by atoms with Crippen molar-refractivity contribution in [1.29, 1.82) is 0 Å². The largest absolute Gasteiger partial charge is 0.467 e. The molecule has 0 aliphatic carbocycles. The van der Waals surface area contributed by atoms with E-state index in [1.165, 1.54) is 7.11 Å². The lowest BCUT2D eigenvalue weighted by atomic mass is 10.1. The topological polar surface area (TPSA) is 67.9 Å². The van der Waals surface area contributed by atoms with Crippen LogP contribution in [0, 0.1) is 0 Å². The zero-order valence-electron chi connectivity index (χ0n) is 11.3. The molecule has 0 spiro atoms. The first kappa shape index (κ1) is 14.4. The van der Waals surface area contributed by atoms with Crippen LogP contribution in [0.4, 0.5) is 0 Å². The molecule has 5 nitrogen and oxygen atoms in total. The smallest absolute Gasteiger partial charge is 0.336 e. The van der Waals surface area contributed by atoms with Crippen molar-refractivity contribution in [2.45, 2.75) is 11.9 Å². The third-order valence-electron chi connectivity index (χ3n) is 3.18. The Kier molecular flexibility index (Phi) is 4.29. The zero-order valence-corrected chi connectivity index (χ0v) is 12.1. The predicted molar refractivity (Wildman–Crippen MR) is 79.2 cm³/mol. The molecule has 0 saturated carbocycles. The number of hydrogen-bond acceptors (Lipinski definition) is 5. The number of nitrogens with two attached hydrogens (primary N) is 1. The molecule has 6 heteroatoms. The van der Waals surface area contributed by atoms with Gasteiger partial charge in [-0.25, -0.2) is 9.79 Å². The molecular weight excluding hydrogens is 278 g/mol. The van der Waals surface area contributed by atoms with Gasteiger partial charge in [-0.05, 0) is 17.2 Å². The van der Waals surface area contributed by atoms with Gasteiger partial charge in [-0.15, -0.1) is 11.6 Å². The second kappa shape index (κ2) is 5.96. The standard InChI is InChI=1S/C14H16ClN3O2/c1-18-11(10-5-3-4-9(6-10)7-15)8-17-13(16)12(18)14(19)20-2/h3-6,8,12H,7H2,1-2H3,(H2,16,17). The van der Waals surface area contributed by atoms with Gasteiger partial charge in [-0.1, -0.05) is 18.2 Å². The maximum atomic E-state index is 11.8. The highest BCUT2D eigenvalue weighted by Crippen LogP contribution is 2.25. The number of methoxy groups -OCH3 is 1. The second-order valence-corrected chi connectivity index (χ2v) is 4.71. The summed E-state index contributed by atoms with van der Waals surface area (Å²) in [5.41, 5.74) is 8.50. The maximum Gasteiger partial charge on any atom is 0.336 e. The number of halogens is 1. The SMILES string of the molecule is COC(=O)C1C(N)=NC=C(c2cccc(CCl)c2)N1C. The highest BCUT2D eigenvalue weighted by molar-refractivity contribution is 6.17. The molecule has 0 amide bonds. The molecule has 0 radical (unpaired) electrons. The second-order valence-electron chi connectivity index (χ2n) is 4.44. The van der Waals surface area contributed by atoms with E-state index in [0.29, 0.717) is 5.88 Å². The van der Waals surface area contributed by atoms with Gasteiger partial charge in [0.05, 0.1) is 19.0 Å². The summed E-state index contributed by atoms with van der Waals surface area (Å²) in [4.78, 5) is 17.7. The molecule has 1 heterocycles. The number of carbonyl (C=O) groups is 1. The van der Waals surface area contributed by atoms with Crippen LogP contribution in [-0.4, -0.2) is 36.9 Å². The number of esters is 1.